The maximum Gasteiger partial charge on any atom is 0.264 e. The van der Waals surface area contributed by atoms with E-state index in [-0.39, 0.29) is 33.6 Å². The van der Waals surface area contributed by atoms with Crippen molar-refractivity contribution in [1.82, 2.24) is 18.8 Å². The minimum Gasteiger partial charge on any atom is -0.268 e. The second-order valence-electron chi connectivity index (χ2n) is 9.39. The minimum atomic E-state index is -0.364. The first-order chi connectivity index (χ1) is 19.5. The molecule has 0 unspecified atom stereocenters. The summed E-state index contributed by atoms with van der Waals surface area (Å²) in [5, 5.41) is 22.1. The molecule has 4 aromatic heterocycles. The van der Waals surface area contributed by atoms with Gasteiger partial charge in [0, 0.05) is 32.3 Å². The number of nitriles is 2. The number of aromatic nitrogens is 4. The normalized spacial score (nSPS) is 11.6. The number of rotatable bonds is 0. The van der Waals surface area contributed by atoms with Crippen molar-refractivity contribution in [1.29, 1.82) is 10.5 Å². The van der Waals surface area contributed by atoms with Crippen LogP contribution in [-0.2, 0) is 0 Å². The van der Waals surface area contributed by atoms with Crippen molar-refractivity contribution in [2.45, 2.75) is 0 Å². The van der Waals surface area contributed by atoms with Crippen LogP contribution in [0.15, 0.2) is 58.1 Å². The average molecular weight is 512 g/mol. The predicted octanol–water partition coefficient (Wildman–Crippen LogP) is 5.19. The Morgan fingerprint density at radius 1 is 0.650 bits per heavy atom. The number of hydrogen-bond donors (Lipinski definition) is 0. The van der Waals surface area contributed by atoms with Crippen molar-refractivity contribution < 1.29 is 0 Å². The van der Waals surface area contributed by atoms with Crippen LogP contribution < -0.4 is 11.1 Å². The van der Waals surface area contributed by atoms with Crippen LogP contribution in [0.25, 0.3) is 75.4 Å². The van der Waals surface area contributed by atoms with Crippen LogP contribution in [0.1, 0.15) is 11.1 Å². The Morgan fingerprint density at radius 3 is 1.62 bits per heavy atom. The van der Waals surface area contributed by atoms with Crippen LogP contribution in [0.4, 0.5) is 11.4 Å². The Balaban J connectivity index is 1.61. The number of fused-ring (bicyclic) bond motifs is 8. The molecule has 0 saturated carbocycles. The lowest BCUT2D eigenvalue weighted by Gasteiger charge is -2.12. The van der Waals surface area contributed by atoms with Crippen molar-refractivity contribution in [2.75, 3.05) is 0 Å². The molecule has 40 heavy (non-hydrogen) atoms. The molecule has 0 amide bonds. The van der Waals surface area contributed by atoms with Crippen molar-refractivity contribution >= 4 is 77.1 Å². The van der Waals surface area contributed by atoms with Gasteiger partial charge in [-0.25, -0.2) is 9.97 Å². The summed E-state index contributed by atoms with van der Waals surface area (Å²) in [6, 6.07) is 16.9. The second kappa shape index (κ2) is 7.02. The van der Waals surface area contributed by atoms with E-state index in [0.717, 1.165) is 0 Å². The van der Waals surface area contributed by atoms with E-state index in [4.69, 9.17) is 13.1 Å². The maximum absolute atomic E-state index is 13.9. The van der Waals surface area contributed by atoms with E-state index in [2.05, 4.69) is 19.7 Å². The SMILES string of the molecule is [C-]#[N+]c1cc2nc3c4ccc5c(=O)n6c7cc(C#N)c(C#N)cc7nc6c6ccc(c(=O)n3c2cc1[N+]#[C-])c4c56. The van der Waals surface area contributed by atoms with E-state index in [9.17, 15) is 20.1 Å². The third-order valence-corrected chi connectivity index (χ3v) is 7.54. The van der Waals surface area contributed by atoms with Gasteiger partial charge in [0.2, 0.25) is 0 Å². The highest BCUT2D eigenvalue weighted by Gasteiger charge is 2.23. The molecule has 0 aliphatic heterocycles. The zero-order valence-electron chi connectivity index (χ0n) is 20.0. The van der Waals surface area contributed by atoms with Crippen LogP contribution in [0, 0.1) is 35.8 Å². The topological polar surface area (TPSA) is 125 Å². The molecule has 0 N–H and O–H groups in total. The summed E-state index contributed by atoms with van der Waals surface area (Å²) in [6.07, 6.45) is 0. The fraction of sp³-hybridized carbons (Fsp3) is 0. The first-order valence-corrected chi connectivity index (χ1v) is 11.9. The van der Waals surface area contributed by atoms with E-state index in [0.29, 0.717) is 65.7 Å². The van der Waals surface area contributed by atoms with Gasteiger partial charge < -0.3 is 0 Å². The molecule has 0 radical (unpaired) electrons. The molecule has 0 bridgehead atoms. The zero-order valence-corrected chi connectivity index (χ0v) is 20.0. The molecule has 8 aromatic rings. The van der Waals surface area contributed by atoms with Crippen molar-refractivity contribution in [3.63, 3.8) is 0 Å². The average Bonchev–Trinajstić information content (AvgIpc) is 3.55. The summed E-state index contributed by atoms with van der Waals surface area (Å²) in [7, 11) is 0. The van der Waals surface area contributed by atoms with Gasteiger partial charge in [0.25, 0.3) is 11.1 Å². The lowest BCUT2D eigenvalue weighted by atomic mass is 9.96. The summed E-state index contributed by atoms with van der Waals surface area (Å²) >= 11 is 0. The summed E-state index contributed by atoms with van der Waals surface area (Å²) in [5.41, 5.74) is 2.26. The number of pyridine rings is 2. The fourth-order valence-corrected chi connectivity index (χ4v) is 5.83. The molecular formula is C30H8N8O2. The Hall–Kier alpha value is -6.62. The summed E-state index contributed by atoms with van der Waals surface area (Å²) in [4.78, 5) is 44.0. The summed E-state index contributed by atoms with van der Waals surface area (Å²) in [6.45, 7) is 14.9. The van der Waals surface area contributed by atoms with Gasteiger partial charge in [0.1, 0.15) is 23.4 Å². The van der Waals surface area contributed by atoms with Gasteiger partial charge in [0.15, 0.2) is 11.4 Å². The molecule has 4 aromatic carbocycles. The van der Waals surface area contributed by atoms with Crippen LogP contribution in [-0.4, -0.2) is 18.8 Å². The van der Waals surface area contributed by atoms with Gasteiger partial charge in [-0.05, 0) is 48.5 Å². The standard InChI is InChI=1S/C30H8N8O2/c1-33-19-9-22-24(10-20(19)34-2)38-28(36-22)16-4-5-17-25-15(3-6-18(26(16)25)30(38)40)27-35-21-7-13(11-31)14(12-32)8-23(21)37(27)29(17)39/h3-10H. The summed E-state index contributed by atoms with van der Waals surface area (Å²) in [5.74, 6) is 0. The molecular weight excluding hydrogens is 504 g/mol. The Labute approximate surface area is 221 Å². The van der Waals surface area contributed by atoms with Crippen LogP contribution in [0.3, 0.4) is 0 Å². The van der Waals surface area contributed by atoms with Crippen molar-refractivity contribution in [3.05, 3.63) is 103 Å². The Bertz CT molecular complexity index is 2600. The van der Waals surface area contributed by atoms with Gasteiger partial charge in [-0.2, -0.15) is 10.5 Å². The Morgan fingerprint density at radius 2 is 1.10 bits per heavy atom. The van der Waals surface area contributed by atoms with Gasteiger partial charge in [-0.15, -0.1) is 0 Å². The molecule has 10 nitrogen and oxygen atoms in total. The number of benzene rings is 4. The van der Waals surface area contributed by atoms with Crippen LogP contribution >= 0.6 is 0 Å². The highest BCUT2D eigenvalue weighted by molar-refractivity contribution is 6.27. The minimum absolute atomic E-state index is 0.137. The van der Waals surface area contributed by atoms with E-state index in [1.165, 1.54) is 33.1 Å². The van der Waals surface area contributed by atoms with Crippen LogP contribution in [0.5, 0.6) is 0 Å². The van der Waals surface area contributed by atoms with E-state index in [1.807, 2.05) is 12.1 Å². The monoisotopic (exact) mass is 512 g/mol. The molecule has 0 atom stereocenters. The second-order valence-corrected chi connectivity index (χ2v) is 9.39. The third-order valence-electron chi connectivity index (χ3n) is 7.54. The predicted molar refractivity (Wildman–Crippen MR) is 148 cm³/mol. The van der Waals surface area contributed by atoms with Crippen molar-refractivity contribution in [2.24, 2.45) is 0 Å². The highest BCUT2D eigenvalue weighted by atomic mass is 16.1. The lowest BCUT2D eigenvalue weighted by Crippen LogP contribution is -2.16. The highest BCUT2D eigenvalue weighted by Crippen LogP contribution is 2.38. The van der Waals surface area contributed by atoms with Gasteiger partial charge in [-0.3, -0.25) is 28.1 Å². The lowest BCUT2D eigenvalue weighted by molar-refractivity contribution is 1.18. The van der Waals surface area contributed by atoms with E-state index in [1.54, 1.807) is 24.3 Å². The molecule has 0 fully saturated rings. The largest absolute Gasteiger partial charge is 0.268 e. The molecule has 0 aliphatic carbocycles. The smallest absolute Gasteiger partial charge is 0.264 e. The number of hydrogen-bond acceptors (Lipinski definition) is 6. The van der Waals surface area contributed by atoms with Gasteiger partial charge in [0.05, 0.1) is 46.3 Å². The quantitative estimate of drug-likeness (QED) is 0.203. The molecule has 8 rings (SSSR count). The van der Waals surface area contributed by atoms with Crippen LogP contribution in [0.2, 0.25) is 0 Å². The van der Waals surface area contributed by atoms with Crippen molar-refractivity contribution in [3.8, 4) is 12.1 Å². The Kier molecular flexibility index (Phi) is 3.77. The molecule has 0 aliphatic rings. The fourth-order valence-electron chi connectivity index (χ4n) is 5.83. The molecule has 4 heterocycles. The molecule has 10 heteroatoms. The maximum atomic E-state index is 13.9. The number of nitrogens with zero attached hydrogens (tertiary/aromatic N) is 8. The third kappa shape index (κ3) is 2.33. The molecule has 0 spiro atoms. The zero-order chi connectivity index (χ0) is 27.4. The number of imidazole rings is 2. The molecule has 0 saturated heterocycles. The first kappa shape index (κ1) is 21.5. The summed E-state index contributed by atoms with van der Waals surface area (Å²) < 4.78 is 2.89. The van der Waals surface area contributed by atoms with E-state index >= 15 is 0 Å². The van der Waals surface area contributed by atoms with Gasteiger partial charge >= 0.3 is 0 Å². The molecule has 180 valence electrons. The van der Waals surface area contributed by atoms with Gasteiger partial charge in [-0.1, -0.05) is 0 Å². The first-order valence-electron chi connectivity index (χ1n) is 11.9. The van der Waals surface area contributed by atoms with E-state index < -0.39 is 0 Å².